The van der Waals surface area contributed by atoms with Gasteiger partial charge < -0.3 is 10.2 Å². The van der Waals surface area contributed by atoms with Gasteiger partial charge in [0.2, 0.25) is 5.91 Å². The predicted octanol–water partition coefficient (Wildman–Crippen LogP) is 1.81. The van der Waals surface area contributed by atoms with Crippen molar-refractivity contribution in [2.24, 2.45) is 5.92 Å². The molecule has 96 valence electrons. The number of hydrogen-bond acceptors (Lipinski definition) is 2. The van der Waals surface area contributed by atoms with E-state index < -0.39 is 6.04 Å². The van der Waals surface area contributed by atoms with Gasteiger partial charge in [0.1, 0.15) is 6.04 Å². The number of likely N-dealkylation sites (N-methyl/N-ethyl adjacent to an activating group) is 1. The minimum atomic E-state index is -0.435. The fourth-order valence-corrected chi connectivity index (χ4v) is 2.24. The van der Waals surface area contributed by atoms with Gasteiger partial charge in [-0.1, -0.05) is 26.0 Å². The van der Waals surface area contributed by atoms with Crippen molar-refractivity contribution in [1.82, 2.24) is 5.32 Å². The highest BCUT2D eigenvalue weighted by molar-refractivity contribution is 6.10. The Morgan fingerprint density at radius 1 is 1.28 bits per heavy atom. The second-order valence-corrected chi connectivity index (χ2v) is 5.07. The van der Waals surface area contributed by atoms with Crippen LogP contribution in [0.15, 0.2) is 24.3 Å². The standard InChI is InChI=1S/C14H18N2O2/c1-9(2)8-11-14(18)16(3)12-7-5-4-6-10(12)13(17)15-11/h4-7,9,11H,8H2,1-3H3,(H,15,17)/t11-/m0/s1. The second kappa shape index (κ2) is 4.80. The van der Waals surface area contributed by atoms with Crippen LogP contribution in [0.4, 0.5) is 5.69 Å². The van der Waals surface area contributed by atoms with Crippen molar-refractivity contribution in [1.29, 1.82) is 0 Å². The van der Waals surface area contributed by atoms with Crippen LogP contribution in [-0.2, 0) is 4.79 Å². The van der Waals surface area contributed by atoms with Crippen LogP contribution in [0.25, 0.3) is 0 Å². The maximum Gasteiger partial charge on any atom is 0.254 e. The molecular formula is C14H18N2O2. The Hall–Kier alpha value is -1.84. The lowest BCUT2D eigenvalue weighted by Gasteiger charge is -2.21. The average molecular weight is 246 g/mol. The van der Waals surface area contributed by atoms with Crippen molar-refractivity contribution >= 4 is 17.5 Å². The second-order valence-electron chi connectivity index (χ2n) is 5.07. The molecule has 0 unspecified atom stereocenters. The quantitative estimate of drug-likeness (QED) is 0.865. The van der Waals surface area contributed by atoms with Gasteiger partial charge in [-0.15, -0.1) is 0 Å². The summed E-state index contributed by atoms with van der Waals surface area (Å²) in [4.78, 5) is 26.0. The van der Waals surface area contributed by atoms with E-state index in [0.717, 1.165) is 0 Å². The molecule has 1 atom stereocenters. The van der Waals surface area contributed by atoms with Crippen LogP contribution in [0.2, 0.25) is 0 Å². The molecule has 2 rings (SSSR count). The predicted molar refractivity (Wildman–Crippen MR) is 70.6 cm³/mol. The topological polar surface area (TPSA) is 49.4 Å². The normalized spacial score (nSPS) is 19.6. The number of amides is 2. The molecule has 1 aliphatic heterocycles. The first-order valence-corrected chi connectivity index (χ1v) is 6.18. The monoisotopic (exact) mass is 246 g/mol. The van der Waals surface area contributed by atoms with E-state index in [-0.39, 0.29) is 11.8 Å². The summed E-state index contributed by atoms with van der Waals surface area (Å²) < 4.78 is 0. The number of nitrogens with zero attached hydrogens (tertiary/aromatic N) is 1. The lowest BCUT2D eigenvalue weighted by molar-refractivity contribution is -0.120. The molecule has 2 amide bonds. The number of rotatable bonds is 2. The Balaban J connectivity index is 2.38. The molecule has 0 fully saturated rings. The van der Waals surface area contributed by atoms with Crippen LogP contribution in [-0.4, -0.2) is 24.9 Å². The fraction of sp³-hybridized carbons (Fsp3) is 0.429. The number of carbonyl (C=O) groups excluding carboxylic acids is 2. The van der Waals surface area contributed by atoms with E-state index in [1.54, 1.807) is 30.1 Å². The van der Waals surface area contributed by atoms with Crippen LogP contribution < -0.4 is 10.2 Å². The summed E-state index contributed by atoms with van der Waals surface area (Å²) >= 11 is 0. The van der Waals surface area contributed by atoms with E-state index >= 15 is 0 Å². The summed E-state index contributed by atoms with van der Waals surface area (Å²) in [6.07, 6.45) is 0.656. The van der Waals surface area contributed by atoms with Crippen LogP contribution in [0.1, 0.15) is 30.6 Å². The molecule has 0 saturated heterocycles. The molecule has 0 radical (unpaired) electrons. The minimum absolute atomic E-state index is 0.0537. The molecular weight excluding hydrogens is 228 g/mol. The molecule has 1 aromatic carbocycles. The molecule has 1 aromatic rings. The van der Waals surface area contributed by atoms with Gasteiger partial charge in [0.25, 0.3) is 5.91 Å². The number of para-hydroxylation sites is 1. The zero-order valence-corrected chi connectivity index (χ0v) is 10.9. The summed E-state index contributed by atoms with van der Waals surface area (Å²) in [6, 6.07) is 6.74. The number of benzene rings is 1. The number of fused-ring (bicyclic) bond motifs is 1. The van der Waals surface area contributed by atoms with Crippen LogP contribution in [0.5, 0.6) is 0 Å². The lowest BCUT2D eigenvalue weighted by atomic mass is 10.0. The minimum Gasteiger partial charge on any atom is -0.340 e. The first-order valence-electron chi connectivity index (χ1n) is 6.18. The van der Waals surface area contributed by atoms with Crippen molar-refractivity contribution in [3.8, 4) is 0 Å². The van der Waals surface area contributed by atoms with E-state index in [1.165, 1.54) is 0 Å². The molecule has 0 saturated carbocycles. The zero-order chi connectivity index (χ0) is 13.3. The molecule has 0 bridgehead atoms. The maximum atomic E-state index is 12.3. The van der Waals surface area contributed by atoms with Gasteiger partial charge in [0, 0.05) is 7.05 Å². The van der Waals surface area contributed by atoms with E-state index in [9.17, 15) is 9.59 Å². The Labute approximate surface area is 107 Å². The fourth-order valence-electron chi connectivity index (χ4n) is 2.24. The van der Waals surface area contributed by atoms with Gasteiger partial charge in [-0.2, -0.15) is 0 Å². The van der Waals surface area contributed by atoms with Crippen molar-refractivity contribution in [2.45, 2.75) is 26.3 Å². The number of nitrogens with one attached hydrogen (secondary N) is 1. The highest BCUT2D eigenvalue weighted by Gasteiger charge is 2.31. The highest BCUT2D eigenvalue weighted by Crippen LogP contribution is 2.24. The third kappa shape index (κ3) is 2.23. The molecule has 0 aliphatic carbocycles. The van der Waals surface area contributed by atoms with Crippen molar-refractivity contribution < 1.29 is 9.59 Å². The molecule has 4 nitrogen and oxygen atoms in total. The SMILES string of the molecule is CC(C)C[C@@H]1NC(=O)c2ccccc2N(C)C1=O. The third-order valence-corrected chi connectivity index (χ3v) is 3.15. The van der Waals surface area contributed by atoms with E-state index in [4.69, 9.17) is 0 Å². The van der Waals surface area contributed by atoms with Crippen LogP contribution >= 0.6 is 0 Å². The van der Waals surface area contributed by atoms with Crippen LogP contribution in [0.3, 0.4) is 0 Å². The summed E-state index contributed by atoms with van der Waals surface area (Å²) in [6.45, 7) is 4.08. The Morgan fingerprint density at radius 3 is 2.61 bits per heavy atom. The van der Waals surface area contributed by atoms with Crippen molar-refractivity contribution in [3.63, 3.8) is 0 Å². The van der Waals surface area contributed by atoms with Gasteiger partial charge in [-0.25, -0.2) is 0 Å². The zero-order valence-electron chi connectivity index (χ0n) is 10.9. The lowest BCUT2D eigenvalue weighted by Crippen LogP contribution is -2.45. The Morgan fingerprint density at radius 2 is 1.94 bits per heavy atom. The third-order valence-electron chi connectivity index (χ3n) is 3.15. The van der Waals surface area contributed by atoms with Crippen LogP contribution in [0, 0.1) is 5.92 Å². The van der Waals surface area contributed by atoms with Gasteiger partial charge in [0.15, 0.2) is 0 Å². The van der Waals surface area contributed by atoms with Crippen molar-refractivity contribution in [2.75, 3.05) is 11.9 Å². The summed E-state index contributed by atoms with van der Waals surface area (Å²) in [7, 11) is 1.72. The maximum absolute atomic E-state index is 12.3. The largest absolute Gasteiger partial charge is 0.340 e. The summed E-state index contributed by atoms with van der Waals surface area (Å²) in [5.74, 6) is 0.129. The molecule has 4 heteroatoms. The number of carbonyl (C=O) groups is 2. The molecule has 0 aromatic heterocycles. The van der Waals surface area contributed by atoms with E-state index in [1.807, 2.05) is 19.9 Å². The van der Waals surface area contributed by atoms with E-state index in [0.29, 0.717) is 23.6 Å². The average Bonchev–Trinajstić information content (AvgIpc) is 2.42. The molecule has 1 heterocycles. The first-order chi connectivity index (χ1) is 8.50. The number of anilines is 1. The first kappa shape index (κ1) is 12.6. The summed E-state index contributed by atoms with van der Waals surface area (Å²) in [5, 5.41) is 2.82. The van der Waals surface area contributed by atoms with Gasteiger partial charge in [-0.3, -0.25) is 9.59 Å². The molecule has 1 aliphatic rings. The molecule has 1 N–H and O–H groups in total. The van der Waals surface area contributed by atoms with Gasteiger partial charge in [-0.05, 0) is 24.5 Å². The smallest absolute Gasteiger partial charge is 0.254 e. The van der Waals surface area contributed by atoms with E-state index in [2.05, 4.69) is 5.32 Å². The molecule has 0 spiro atoms. The number of hydrogen-bond donors (Lipinski definition) is 1. The summed E-state index contributed by atoms with van der Waals surface area (Å²) in [5.41, 5.74) is 1.23. The van der Waals surface area contributed by atoms with Gasteiger partial charge in [0.05, 0.1) is 11.3 Å². The molecule has 18 heavy (non-hydrogen) atoms. The van der Waals surface area contributed by atoms with Gasteiger partial charge >= 0.3 is 0 Å². The Bertz CT molecular complexity index is 482. The Kier molecular flexibility index (Phi) is 3.36. The van der Waals surface area contributed by atoms with Crippen molar-refractivity contribution in [3.05, 3.63) is 29.8 Å². The highest BCUT2D eigenvalue weighted by atomic mass is 16.2.